The van der Waals surface area contributed by atoms with Crippen LogP contribution in [-0.2, 0) is 9.53 Å². The van der Waals surface area contributed by atoms with Crippen molar-refractivity contribution in [1.82, 2.24) is 10.6 Å². The molecule has 1 aromatic rings. The topological polar surface area (TPSA) is 76.7 Å². The summed E-state index contributed by atoms with van der Waals surface area (Å²) in [6.07, 6.45) is 1.95. The van der Waals surface area contributed by atoms with E-state index in [1.807, 2.05) is 37.4 Å². The average Bonchev–Trinajstić information content (AvgIpc) is 2.55. The van der Waals surface area contributed by atoms with E-state index < -0.39 is 12.0 Å². The summed E-state index contributed by atoms with van der Waals surface area (Å²) in [5.74, 6) is 1.05. The molecule has 1 heterocycles. The van der Waals surface area contributed by atoms with Gasteiger partial charge in [-0.05, 0) is 37.8 Å². The van der Waals surface area contributed by atoms with Crippen LogP contribution in [0.1, 0.15) is 25.5 Å². The summed E-state index contributed by atoms with van der Waals surface area (Å²) < 4.78 is 10.7. The van der Waals surface area contributed by atoms with Crippen molar-refractivity contribution in [2.24, 2.45) is 0 Å². The third-order valence-corrected chi connectivity index (χ3v) is 4.11. The minimum absolute atomic E-state index is 0.334. The Kier molecular flexibility index (Phi) is 6.54. The van der Waals surface area contributed by atoms with Gasteiger partial charge in [0.1, 0.15) is 12.4 Å². The van der Waals surface area contributed by atoms with Crippen LogP contribution in [0, 0.1) is 0 Å². The Balaban J connectivity index is 2.25. The maximum Gasteiger partial charge on any atom is 0.338 e. The van der Waals surface area contributed by atoms with Gasteiger partial charge in [0.05, 0.1) is 18.2 Å². The van der Waals surface area contributed by atoms with E-state index in [4.69, 9.17) is 9.47 Å². The van der Waals surface area contributed by atoms with Crippen LogP contribution in [0.5, 0.6) is 5.75 Å². The molecule has 2 amide bonds. The SMILES string of the molecule is CCOc1ccc([C@@H]2NC(=O)NC(C)=C2C(=O)OCCSC)cc1. The largest absolute Gasteiger partial charge is 0.494 e. The molecule has 130 valence electrons. The summed E-state index contributed by atoms with van der Waals surface area (Å²) in [5, 5.41) is 5.41. The Morgan fingerprint density at radius 1 is 1.29 bits per heavy atom. The fraction of sp³-hybridized carbons (Fsp3) is 0.412. The molecule has 0 spiro atoms. The molecule has 0 aliphatic carbocycles. The van der Waals surface area contributed by atoms with Gasteiger partial charge in [-0.2, -0.15) is 11.8 Å². The Labute approximate surface area is 146 Å². The maximum absolute atomic E-state index is 12.4. The number of carbonyl (C=O) groups excluding carboxylic acids is 2. The second-order valence-corrected chi connectivity index (χ2v) is 6.19. The number of hydrogen-bond acceptors (Lipinski definition) is 5. The quantitative estimate of drug-likeness (QED) is 0.584. The molecular formula is C17H22N2O4S. The summed E-state index contributed by atoms with van der Waals surface area (Å²) in [4.78, 5) is 24.3. The number of benzene rings is 1. The number of urea groups is 1. The van der Waals surface area contributed by atoms with Gasteiger partial charge < -0.3 is 20.1 Å². The van der Waals surface area contributed by atoms with Crippen molar-refractivity contribution in [3.8, 4) is 5.75 Å². The van der Waals surface area contributed by atoms with E-state index in [0.29, 0.717) is 24.5 Å². The Hall–Kier alpha value is -2.15. The Morgan fingerprint density at radius 2 is 2.00 bits per heavy atom. The predicted molar refractivity (Wildman–Crippen MR) is 94.1 cm³/mol. The summed E-state index contributed by atoms with van der Waals surface area (Å²) in [5.41, 5.74) is 1.72. The normalized spacial score (nSPS) is 17.1. The lowest BCUT2D eigenvalue weighted by Gasteiger charge is -2.28. The zero-order valence-corrected chi connectivity index (χ0v) is 14.9. The van der Waals surface area contributed by atoms with Crippen LogP contribution in [0.3, 0.4) is 0 Å². The minimum atomic E-state index is -0.545. The van der Waals surface area contributed by atoms with Gasteiger partial charge in [-0.25, -0.2) is 9.59 Å². The second-order valence-electron chi connectivity index (χ2n) is 5.20. The first-order valence-electron chi connectivity index (χ1n) is 7.74. The molecule has 24 heavy (non-hydrogen) atoms. The van der Waals surface area contributed by atoms with Crippen LogP contribution in [0.15, 0.2) is 35.5 Å². The van der Waals surface area contributed by atoms with Crippen LogP contribution in [0.4, 0.5) is 4.79 Å². The van der Waals surface area contributed by atoms with E-state index >= 15 is 0 Å². The van der Waals surface area contributed by atoms with Crippen molar-refractivity contribution in [2.75, 3.05) is 25.2 Å². The van der Waals surface area contributed by atoms with Crippen LogP contribution < -0.4 is 15.4 Å². The van der Waals surface area contributed by atoms with Gasteiger partial charge in [0.15, 0.2) is 0 Å². The average molecular weight is 350 g/mol. The van der Waals surface area contributed by atoms with E-state index in [2.05, 4.69) is 10.6 Å². The molecule has 1 aliphatic rings. The van der Waals surface area contributed by atoms with Crippen molar-refractivity contribution in [3.63, 3.8) is 0 Å². The fourth-order valence-electron chi connectivity index (χ4n) is 2.43. The van der Waals surface area contributed by atoms with Crippen molar-refractivity contribution in [3.05, 3.63) is 41.1 Å². The van der Waals surface area contributed by atoms with E-state index in [1.54, 1.807) is 18.7 Å². The molecule has 0 saturated heterocycles. The number of nitrogens with one attached hydrogen (secondary N) is 2. The Bertz CT molecular complexity index is 628. The number of thioether (sulfide) groups is 1. The van der Waals surface area contributed by atoms with Gasteiger partial charge in [-0.1, -0.05) is 12.1 Å². The maximum atomic E-state index is 12.4. The molecule has 2 rings (SSSR count). The highest BCUT2D eigenvalue weighted by atomic mass is 32.2. The first-order valence-corrected chi connectivity index (χ1v) is 9.13. The monoisotopic (exact) mass is 350 g/mol. The van der Waals surface area contributed by atoms with Crippen molar-refractivity contribution >= 4 is 23.8 Å². The lowest BCUT2D eigenvalue weighted by Crippen LogP contribution is -2.45. The first-order chi connectivity index (χ1) is 11.6. The van der Waals surface area contributed by atoms with Crippen molar-refractivity contribution < 1.29 is 19.1 Å². The van der Waals surface area contributed by atoms with Gasteiger partial charge in [-0.3, -0.25) is 0 Å². The number of allylic oxidation sites excluding steroid dienone is 1. The number of ether oxygens (including phenoxy) is 2. The van der Waals surface area contributed by atoms with Gasteiger partial charge >= 0.3 is 12.0 Å². The highest BCUT2D eigenvalue weighted by molar-refractivity contribution is 7.98. The first kappa shape index (κ1) is 18.2. The highest BCUT2D eigenvalue weighted by Crippen LogP contribution is 2.28. The lowest BCUT2D eigenvalue weighted by atomic mass is 9.95. The number of hydrogen-bond donors (Lipinski definition) is 2. The van der Waals surface area contributed by atoms with Crippen LogP contribution in [0.2, 0.25) is 0 Å². The molecule has 7 heteroatoms. The summed E-state index contributed by atoms with van der Waals surface area (Å²) in [7, 11) is 0. The van der Waals surface area contributed by atoms with E-state index in [1.165, 1.54) is 0 Å². The standard InChI is InChI=1S/C17H22N2O4S/c1-4-22-13-7-5-12(6-8-13)15-14(11(2)18-17(21)19-15)16(20)23-9-10-24-3/h5-8,15H,4,9-10H2,1-3H3,(H2,18,19,21)/t15-/m0/s1. The molecule has 1 aromatic carbocycles. The smallest absolute Gasteiger partial charge is 0.338 e. The third kappa shape index (κ3) is 4.44. The van der Waals surface area contributed by atoms with E-state index in [0.717, 1.165) is 17.1 Å². The number of carbonyl (C=O) groups is 2. The molecule has 1 atom stereocenters. The molecule has 0 bridgehead atoms. The molecule has 2 N–H and O–H groups in total. The molecule has 0 saturated carbocycles. The van der Waals surface area contributed by atoms with Crippen LogP contribution in [0.25, 0.3) is 0 Å². The molecular weight excluding hydrogens is 328 g/mol. The van der Waals surface area contributed by atoms with Gasteiger partial charge in [0.25, 0.3) is 0 Å². The van der Waals surface area contributed by atoms with Crippen molar-refractivity contribution in [1.29, 1.82) is 0 Å². The summed E-state index contributed by atoms with van der Waals surface area (Å²) in [6, 6.07) is 6.43. The molecule has 0 aromatic heterocycles. The number of esters is 1. The molecule has 0 fully saturated rings. The number of amides is 2. The van der Waals surface area contributed by atoms with Gasteiger partial charge in [0, 0.05) is 11.4 Å². The predicted octanol–water partition coefficient (Wildman–Crippen LogP) is 2.62. The lowest BCUT2D eigenvalue weighted by molar-refractivity contribution is -0.138. The summed E-state index contributed by atoms with van der Waals surface area (Å²) in [6.45, 7) is 4.53. The molecule has 1 aliphatic heterocycles. The summed E-state index contributed by atoms with van der Waals surface area (Å²) >= 11 is 1.60. The highest BCUT2D eigenvalue weighted by Gasteiger charge is 2.32. The zero-order valence-electron chi connectivity index (χ0n) is 14.0. The molecule has 6 nitrogen and oxygen atoms in total. The second kappa shape index (κ2) is 8.63. The van der Waals surface area contributed by atoms with Crippen molar-refractivity contribution in [2.45, 2.75) is 19.9 Å². The van der Waals surface area contributed by atoms with Gasteiger partial charge in [0.2, 0.25) is 0 Å². The number of rotatable bonds is 7. The van der Waals surface area contributed by atoms with Crippen LogP contribution in [-0.4, -0.2) is 37.2 Å². The van der Waals surface area contributed by atoms with Gasteiger partial charge in [-0.15, -0.1) is 0 Å². The zero-order chi connectivity index (χ0) is 17.5. The van der Waals surface area contributed by atoms with E-state index in [9.17, 15) is 9.59 Å². The minimum Gasteiger partial charge on any atom is -0.494 e. The Morgan fingerprint density at radius 3 is 2.62 bits per heavy atom. The van der Waals surface area contributed by atoms with E-state index in [-0.39, 0.29) is 6.03 Å². The fourth-order valence-corrected chi connectivity index (χ4v) is 2.68. The molecule has 0 unspecified atom stereocenters. The molecule has 0 radical (unpaired) electrons. The van der Waals surface area contributed by atoms with Crippen LogP contribution >= 0.6 is 11.8 Å². The third-order valence-electron chi connectivity index (χ3n) is 3.53.